The Morgan fingerprint density at radius 3 is 2.46 bits per heavy atom. The van der Waals surface area contributed by atoms with E-state index in [1.165, 1.54) is 9.87 Å². The van der Waals surface area contributed by atoms with Gasteiger partial charge in [-0.15, -0.1) is 0 Å². The molecule has 182 valence electrons. The van der Waals surface area contributed by atoms with E-state index >= 15 is 0 Å². The molecule has 2 aromatic carbocycles. The lowest BCUT2D eigenvalue weighted by atomic mass is 9.98. The summed E-state index contributed by atoms with van der Waals surface area (Å²) in [6, 6.07) is 11.9. The number of hydrogen-bond acceptors (Lipinski definition) is 6. The molecule has 0 unspecified atom stereocenters. The summed E-state index contributed by atoms with van der Waals surface area (Å²) in [5.41, 5.74) is 6.63. The highest BCUT2D eigenvalue weighted by atomic mass is 32.2. The van der Waals surface area contributed by atoms with E-state index in [2.05, 4.69) is 21.0 Å². The number of rotatable bonds is 4. The number of hydrazine groups is 1. The molecular weight excluding hydrogens is 470 g/mol. The van der Waals surface area contributed by atoms with Gasteiger partial charge in [0.2, 0.25) is 15.9 Å². The number of nitrogens with one attached hydrogen (secondary N) is 3. The third-order valence-electron chi connectivity index (χ3n) is 6.74. The van der Waals surface area contributed by atoms with Crippen molar-refractivity contribution in [3.05, 3.63) is 69.6 Å². The molecule has 0 saturated carbocycles. The molecule has 1 aliphatic heterocycles. The summed E-state index contributed by atoms with van der Waals surface area (Å²) in [4.78, 5) is 37.4. The summed E-state index contributed by atoms with van der Waals surface area (Å²) >= 11 is 0. The molecular formula is C24H25N5O5S. The number of fused-ring (bicyclic) bond motifs is 2. The minimum Gasteiger partial charge on any atom is -0.273 e. The smallest absolute Gasteiger partial charge is 0.273 e. The lowest BCUT2D eigenvalue weighted by Crippen LogP contribution is -2.48. The maximum absolute atomic E-state index is 13.1. The second-order valence-corrected chi connectivity index (χ2v) is 10.8. The quantitative estimate of drug-likeness (QED) is 0.466. The predicted octanol–water partition coefficient (Wildman–Crippen LogP) is 1.27. The molecule has 0 spiro atoms. The van der Waals surface area contributed by atoms with Crippen molar-refractivity contribution in [3.8, 4) is 0 Å². The number of benzene rings is 2. The second kappa shape index (κ2) is 9.23. The molecule has 0 bridgehead atoms. The lowest BCUT2D eigenvalue weighted by Gasteiger charge is -2.30. The van der Waals surface area contributed by atoms with E-state index in [4.69, 9.17) is 0 Å². The van der Waals surface area contributed by atoms with Crippen LogP contribution in [0.4, 0.5) is 0 Å². The summed E-state index contributed by atoms with van der Waals surface area (Å²) < 4.78 is 27.6. The van der Waals surface area contributed by atoms with Gasteiger partial charge in [-0.2, -0.15) is 9.40 Å². The van der Waals surface area contributed by atoms with Gasteiger partial charge < -0.3 is 0 Å². The zero-order chi connectivity index (χ0) is 24.6. The molecule has 3 aromatic rings. The number of H-pyrrole nitrogens is 1. The zero-order valence-corrected chi connectivity index (χ0v) is 19.7. The van der Waals surface area contributed by atoms with E-state index in [1.54, 1.807) is 36.4 Å². The SMILES string of the molecule is O=C(NNC(=O)C1CCN(S(=O)(=O)c2ccc3c(c2)CCC3)CC1)c1n[nH]c(=O)c2ccccc12. The Bertz CT molecular complexity index is 1480. The van der Waals surface area contributed by atoms with Gasteiger partial charge in [0.05, 0.1) is 10.3 Å². The van der Waals surface area contributed by atoms with Crippen LogP contribution in [0, 0.1) is 5.92 Å². The highest BCUT2D eigenvalue weighted by molar-refractivity contribution is 7.89. The van der Waals surface area contributed by atoms with Crippen LogP contribution in [-0.2, 0) is 27.7 Å². The Balaban J connectivity index is 1.19. The highest BCUT2D eigenvalue weighted by Gasteiger charge is 2.33. The van der Waals surface area contributed by atoms with Crippen molar-refractivity contribution in [3.63, 3.8) is 0 Å². The Kier molecular flexibility index (Phi) is 6.12. The van der Waals surface area contributed by atoms with E-state index in [1.807, 2.05) is 6.07 Å². The molecule has 1 saturated heterocycles. The fourth-order valence-electron chi connectivity index (χ4n) is 4.78. The fraction of sp³-hybridized carbons (Fsp3) is 0.333. The van der Waals surface area contributed by atoms with Crippen LogP contribution in [0.1, 0.15) is 40.9 Å². The Morgan fingerprint density at radius 2 is 1.69 bits per heavy atom. The minimum absolute atomic E-state index is 0.0178. The number of aromatic nitrogens is 2. The number of hydrogen-bond donors (Lipinski definition) is 3. The first-order valence-electron chi connectivity index (χ1n) is 11.5. The van der Waals surface area contributed by atoms with E-state index in [0.717, 1.165) is 24.8 Å². The molecule has 3 N–H and O–H groups in total. The molecule has 2 aliphatic rings. The van der Waals surface area contributed by atoms with Gasteiger partial charge in [-0.1, -0.05) is 24.3 Å². The van der Waals surface area contributed by atoms with Crippen LogP contribution in [0.2, 0.25) is 0 Å². The third-order valence-corrected chi connectivity index (χ3v) is 8.64. The molecule has 1 aliphatic carbocycles. The summed E-state index contributed by atoms with van der Waals surface area (Å²) in [5.74, 6) is -1.51. The fourth-order valence-corrected chi connectivity index (χ4v) is 6.30. The minimum atomic E-state index is -3.62. The topological polar surface area (TPSA) is 141 Å². The first kappa shape index (κ1) is 23.2. The Morgan fingerprint density at radius 1 is 0.971 bits per heavy atom. The number of carbonyl (C=O) groups is 2. The van der Waals surface area contributed by atoms with Crippen molar-refractivity contribution in [2.24, 2.45) is 5.92 Å². The summed E-state index contributed by atoms with van der Waals surface area (Å²) in [6.45, 7) is 0.440. The predicted molar refractivity (Wildman–Crippen MR) is 128 cm³/mol. The van der Waals surface area contributed by atoms with Gasteiger partial charge >= 0.3 is 0 Å². The maximum atomic E-state index is 13.1. The van der Waals surface area contributed by atoms with Crippen LogP contribution in [0.15, 0.2) is 52.2 Å². The van der Waals surface area contributed by atoms with Crippen LogP contribution in [0.5, 0.6) is 0 Å². The van der Waals surface area contributed by atoms with Gasteiger partial charge in [-0.05, 0) is 61.4 Å². The van der Waals surface area contributed by atoms with Gasteiger partial charge in [-0.25, -0.2) is 13.5 Å². The number of sulfonamides is 1. The molecule has 1 fully saturated rings. The Hall–Kier alpha value is -3.57. The van der Waals surface area contributed by atoms with E-state index in [0.29, 0.717) is 28.5 Å². The van der Waals surface area contributed by atoms with Crippen LogP contribution < -0.4 is 16.4 Å². The van der Waals surface area contributed by atoms with Gasteiger partial charge in [0.1, 0.15) is 0 Å². The molecule has 10 nitrogen and oxygen atoms in total. The maximum Gasteiger partial charge on any atom is 0.290 e. The number of amides is 2. The van der Waals surface area contributed by atoms with Gasteiger partial charge in [-0.3, -0.25) is 25.2 Å². The number of aryl methyl sites for hydroxylation is 2. The molecule has 5 rings (SSSR count). The first-order valence-corrected chi connectivity index (χ1v) is 13.0. The van der Waals surface area contributed by atoms with Crippen molar-refractivity contribution in [2.45, 2.75) is 37.0 Å². The monoisotopic (exact) mass is 495 g/mol. The van der Waals surface area contributed by atoms with Crippen molar-refractivity contribution in [1.29, 1.82) is 0 Å². The highest BCUT2D eigenvalue weighted by Crippen LogP contribution is 2.28. The first-order chi connectivity index (χ1) is 16.8. The zero-order valence-electron chi connectivity index (χ0n) is 18.9. The molecule has 1 aromatic heterocycles. The van der Waals surface area contributed by atoms with E-state index < -0.39 is 33.3 Å². The number of carbonyl (C=O) groups excluding carboxylic acids is 2. The molecule has 2 heterocycles. The average Bonchev–Trinajstić information content (AvgIpc) is 3.36. The van der Waals surface area contributed by atoms with Crippen molar-refractivity contribution >= 4 is 32.6 Å². The Labute approximate surface area is 201 Å². The van der Waals surface area contributed by atoms with Gasteiger partial charge in [0.25, 0.3) is 11.5 Å². The average molecular weight is 496 g/mol. The van der Waals surface area contributed by atoms with E-state index in [-0.39, 0.29) is 18.8 Å². The molecule has 0 radical (unpaired) electrons. The van der Waals surface area contributed by atoms with E-state index in [9.17, 15) is 22.8 Å². The number of piperidine rings is 1. The summed E-state index contributed by atoms with van der Waals surface area (Å²) in [6.07, 6.45) is 3.61. The summed E-state index contributed by atoms with van der Waals surface area (Å²) in [7, 11) is -3.62. The normalized spacial score (nSPS) is 16.7. The largest absolute Gasteiger partial charge is 0.290 e. The molecule has 11 heteroatoms. The second-order valence-electron chi connectivity index (χ2n) is 8.85. The number of nitrogens with zero attached hydrogens (tertiary/aromatic N) is 2. The lowest BCUT2D eigenvalue weighted by molar-refractivity contribution is -0.126. The van der Waals surface area contributed by atoms with Crippen molar-refractivity contribution in [1.82, 2.24) is 25.4 Å². The molecule has 0 atom stereocenters. The van der Waals surface area contributed by atoms with Crippen molar-refractivity contribution < 1.29 is 18.0 Å². The summed E-state index contributed by atoms with van der Waals surface area (Å²) in [5, 5.41) is 6.77. The molecule has 2 amide bonds. The van der Waals surface area contributed by atoms with Gasteiger partial charge in [0.15, 0.2) is 5.69 Å². The standard InChI is InChI=1S/C24H25N5O5S/c30-22(26-28-24(32)21-19-6-1-2-7-20(19)23(31)27-25-21)16-10-12-29(13-11-16)35(33,34)18-9-8-15-4-3-5-17(15)14-18/h1-2,6-9,14,16H,3-5,10-13H2,(H,26,30)(H,27,31)(H,28,32). The van der Waals surface area contributed by atoms with Crippen LogP contribution >= 0.6 is 0 Å². The van der Waals surface area contributed by atoms with Crippen LogP contribution in [0.25, 0.3) is 10.8 Å². The van der Waals surface area contributed by atoms with Crippen LogP contribution in [-0.4, -0.2) is 47.8 Å². The molecule has 35 heavy (non-hydrogen) atoms. The number of aromatic amines is 1. The third kappa shape index (κ3) is 4.44. The van der Waals surface area contributed by atoms with Gasteiger partial charge in [0, 0.05) is 24.4 Å². The van der Waals surface area contributed by atoms with Crippen molar-refractivity contribution in [2.75, 3.05) is 13.1 Å². The van der Waals surface area contributed by atoms with Crippen LogP contribution in [0.3, 0.4) is 0 Å².